The molecule has 1 aliphatic rings. The molecule has 0 heterocycles. The molecule has 1 heteroatoms. The molecular formula is C40H33N. The first-order chi connectivity index (χ1) is 20.2. The minimum atomic E-state index is 1.17. The third-order valence-corrected chi connectivity index (χ3v) is 9.05. The van der Waals surface area contributed by atoms with Gasteiger partial charge in [0.1, 0.15) is 0 Å². The summed E-state index contributed by atoms with van der Waals surface area (Å²) < 4.78 is 0. The SMILES string of the molecule is Cc1ccc(N(c2ccc(C=C3CCCCC3)cc2)c2ccc3c4cccc5cccc(c6cccc2c63)c54)cc1. The van der Waals surface area contributed by atoms with E-state index in [0.29, 0.717) is 0 Å². The van der Waals surface area contributed by atoms with E-state index in [9.17, 15) is 0 Å². The summed E-state index contributed by atoms with van der Waals surface area (Å²) in [6.07, 6.45) is 8.93. The summed E-state index contributed by atoms with van der Waals surface area (Å²) in [6, 6.07) is 43.0. The van der Waals surface area contributed by atoms with Crippen LogP contribution in [0.1, 0.15) is 43.2 Å². The molecule has 0 atom stereocenters. The number of hydrogen-bond donors (Lipinski definition) is 0. The fourth-order valence-corrected chi connectivity index (χ4v) is 7.05. The smallest absolute Gasteiger partial charge is 0.0540 e. The zero-order valence-corrected chi connectivity index (χ0v) is 23.5. The molecule has 0 spiro atoms. The fraction of sp³-hybridized carbons (Fsp3) is 0.150. The number of benzene rings is 7. The van der Waals surface area contributed by atoms with Gasteiger partial charge in [0.05, 0.1) is 5.69 Å². The van der Waals surface area contributed by atoms with E-state index in [-0.39, 0.29) is 0 Å². The van der Waals surface area contributed by atoms with Crippen molar-refractivity contribution >= 4 is 66.2 Å². The van der Waals surface area contributed by atoms with Crippen LogP contribution < -0.4 is 4.90 Å². The van der Waals surface area contributed by atoms with Crippen molar-refractivity contribution in [3.8, 4) is 0 Å². The van der Waals surface area contributed by atoms with Crippen molar-refractivity contribution in [2.75, 3.05) is 4.90 Å². The highest BCUT2D eigenvalue weighted by molar-refractivity contribution is 6.34. The van der Waals surface area contributed by atoms with E-state index in [1.165, 1.54) is 103 Å². The van der Waals surface area contributed by atoms with Crippen LogP contribution in [-0.4, -0.2) is 0 Å². The summed E-state index contributed by atoms with van der Waals surface area (Å²) in [5.74, 6) is 0. The van der Waals surface area contributed by atoms with Crippen LogP contribution >= 0.6 is 0 Å². The van der Waals surface area contributed by atoms with Crippen molar-refractivity contribution in [2.45, 2.75) is 39.0 Å². The molecule has 0 aliphatic heterocycles. The molecule has 0 unspecified atom stereocenters. The minimum absolute atomic E-state index is 1.17. The van der Waals surface area contributed by atoms with Gasteiger partial charge in [-0.25, -0.2) is 0 Å². The molecule has 7 aromatic rings. The molecule has 0 radical (unpaired) electrons. The van der Waals surface area contributed by atoms with Crippen LogP contribution in [-0.2, 0) is 0 Å². The third kappa shape index (κ3) is 4.07. The molecule has 7 aromatic carbocycles. The maximum absolute atomic E-state index is 2.43. The molecule has 1 nitrogen and oxygen atoms in total. The zero-order chi connectivity index (χ0) is 27.3. The van der Waals surface area contributed by atoms with Gasteiger partial charge in [-0.3, -0.25) is 0 Å². The molecular weight excluding hydrogens is 494 g/mol. The highest BCUT2D eigenvalue weighted by Gasteiger charge is 2.19. The largest absolute Gasteiger partial charge is 0.310 e. The maximum Gasteiger partial charge on any atom is 0.0540 e. The zero-order valence-electron chi connectivity index (χ0n) is 23.5. The van der Waals surface area contributed by atoms with Crippen molar-refractivity contribution in [3.05, 3.63) is 132 Å². The number of allylic oxidation sites excluding steroid dienone is 1. The van der Waals surface area contributed by atoms with Crippen LogP contribution in [0, 0.1) is 6.92 Å². The molecule has 0 amide bonds. The summed E-state index contributed by atoms with van der Waals surface area (Å²) in [5, 5.41) is 10.6. The van der Waals surface area contributed by atoms with E-state index in [1.54, 1.807) is 5.57 Å². The van der Waals surface area contributed by atoms with Crippen LogP contribution in [0.3, 0.4) is 0 Å². The Morgan fingerprint density at radius 1 is 0.512 bits per heavy atom. The van der Waals surface area contributed by atoms with Crippen LogP contribution in [0.5, 0.6) is 0 Å². The van der Waals surface area contributed by atoms with Gasteiger partial charge in [0.2, 0.25) is 0 Å². The summed E-state index contributed by atoms with van der Waals surface area (Å²) in [6.45, 7) is 2.15. The number of hydrogen-bond acceptors (Lipinski definition) is 1. The van der Waals surface area contributed by atoms with E-state index in [0.717, 1.165) is 0 Å². The second kappa shape index (κ2) is 9.78. The molecule has 8 rings (SSSR count). The van der Waals surface area contributed by atoms with Crippen LogP contribution in [0.2, 0.25) is 0 Å². The van der Waals surface area contributed by atoms with E-state index in [4.69, 9.17) is 0 Å². The Labute approximate surface area is 241 Å². The second-order valence-electron chi connectivity index (χ2n) is 11.7. The van der Waals surface area contributed by atoms with E-state index >= 15 is 0 Å². The van der Waals surface area contributed by atoms with E-state index < -0.39 is 0 Å². The lowest BCUT2D eigenvalue weighted by atomic mass is 9.89. The standard InChI is InChI=1S/C40H33N/c1-27-16-20-31(21-17-27)41(32-22-18-29(19-23-32)26-28-8-3-2-4-9-28)38-25-24-36-34-13-6-11-30-10-5-12-33(39(30)34)35-14-7-15-37(38)40(35)36/h5-7,10-26H,2-4,8-9H2,1H3. The van der Waals surface area contributed by atoms with Crippen LogP contribution in [0.15, 0.2) is 121 Å². The normalized spacial score (nSPS) is 13.9. The Morgan fingerprint density at radius 2 is 1.07 bits per heavy atom. The van der Waals surface area contributed by atoms with Gasteiger partial charge in [0.25, 0.3) is 0 Å². The Kier molecular flexibility index (Phi) is 5.77. The second-order valence-corrected chi connectivity index (χ2v) is 11.7. The average molecular weight is 528 g/mol. The van der Waals surface area contributed by atoms with Crippen LogP contribution in [0.4, 0.5) is 17.1 Å². The Balaban J connectivity index is 1.35. The highest BCUT2D eigenvalue weighted by atomic mass is 15.1. The maximum atomic E-state index is 2.43. The molecule has 198 valence electrons. The topological polar surface area (TPSA) is 3.24 Å². The molecule has 1 aliphatic carbocycles. The van der Waals surface area contributed by atoms with Crippen molar-refractivity contribution in [2.24, 2.45) is 0 Å². The summed E-state index contributed by atoms with van der Waals surface area (Å²) >= 11 is 0. The molecule has 41 heavy (non-hydrogen) atoms. The summed E-state index contributed by atoms with van der Waals surface area (Å²) in [5.41, 5.74) is 7.73. The van der Waals surface area contributed by atoms with Gasteiger partial charge < -0.3 is 4.90 Å². The quantitative estimate of drug-likeness (QED) is 0.162. The van der Waals surface area contributed by atoms with Crippen molar-refractivity contribution < 1.29 is 0 Å². The first-order valence-electron chi connectivity index (χ1n) is 15.0. The number of anilines is 3. The Hall–Kier alpha value is -4.62. The monoisotopic (exact) mass is 527 g/mol. The predicted molar refractivity (Wildman–Crippen MR) is 178 cm³/mol. The van der Waals surface area contributed by atoms with Crippen molar-refractivity contribution in [1.82, 2.24) is 0 Å². The number of fused-ring (bicyclic) bond motifs is 2. The molecule has 1 saturated carbocycles. The van der Waals surface area contributed by atoms with Gasteiger partial charge in [-0.05, 0) is 106 Å². The molecule has 1 fully saturated rings. The summed E-state index contributed by atoms with van der Waals surface area (Å²) in [4.78, 5) is 2.43. The van der Waals surface area contributed by atoms with Gasteiger partial charge in [-0.15, -0.1) is 0 Å². The highest BCUT2D eigenvalue weighted by Crippen LogP contribution is 2.46. The van der Waals surface area contributed by atoms with Gasteiger partial charge in [0.15, 0.2) is 0 Å². The van der Waals surface area contributed by atoms with Crippen molar-refractivity contribution in [3.63, 3.8) is 0 Å². The van der Waals surface area contributed by atoms with E-state index in [2.05, 4.69) is 133 Å². The molecule has 0 aromatic heterocycles. The Morgan fingerprint density at radius 3 is 1.76 bits per heavy atom. The Bertz CT molecular complexity index is 2000. The lowest BCUT2D eigenvalue weighted by molar-refractivity contribution is 0.602. The minimum Gasteiger partial charge on any atom is -0.310 e. The fourth-order valence-electron chi connectivity index (χ4n) is 7.05. The number of aryl methyl sites for hydroxylation is 1. The number of rotatable bonds is 4. The van der Waals surface area contributed by atoms with Crippen molar-refractivity contribution in [1.29, 1.82) is 0 Å². The lowest BCUT2D eigenvalue weighted by Gasteiger charge is -2.28. The average Bonchev–Trinajstić information content (AvgIpc) is 3.02. The predicted octanol–water partition coefficient (Wildman–Crippen LogP) is 11.9. The van der Waals surface area contributed by atoms with Gasteiger partial charge in [-0.1, -0.05) is 109 Å². The number of nitrogens with zero attached hydrogens (tertiary/aromatic N) is 1. The molecule has 0 N–H and O–H groups in total. The third-order valence-electron chi connectivity index (χ3n) is 9.05. The van der Waals surface area contributed by atoms with Gasteiger partial charge in [-0.2, -0.15) is 0 Å². The van der Waals surface area contributed by atoms with Gasteiger partial charge in [0, 0.05) is 16.8 Å². The van der Waals surface area contributed by atoms with Gasteiger partial charge >= 0.3 is 0 Å². The van der Waals surface area contributed by atoms with Crippen LogP contribution in [0.25, 0.3) is 49.2 Å². The summed E-state index contributed by atoms with van der Waals surface area (Å²) in [7, 11) is 0. The first-order valence-corrected chi connectivity index (χ1v) is 15.0. The lowest BCUT2D eigenvalue weighted by Crippen LogP contribution is -2.10. The molecule has 0 saturated heterocycles. The first kappa shape index (κ1) is 24.2. The molecule has 0 bridgehead atoms. The van der Waals surface area contributed by atoms with E-state index in [1.807, 2.05) is 0 Å².